The lowest BCUT2D eigenvalue weighted by atomic mass is 9.75. The molecule has 0 spiro atoms. The summed E-state index contributed by atoms with van der Waals surface area (Å²) < 4.78 is 75.6. The number of amides is 4. The molecule has 0 radical (unpaired) electrons. The van der Waals surface area contributed by atoms with Gasteiger partial charge >= 0.3 is 0 Å². The molecule has 3 saturated carbocycles. The highest BCUT2D eigenvalue weighted by Crippen LogP contribution is 2.42. The lowest BCUT2D eigenvalue weighted by molar-refractivity contribution is -0.338. The summed E-state index contributed by atoms with van der Waals surface area (Å²) in [6, 6.07) is 7.60. The van der Waals surface area contributed by atoms with Crippen LogP contribution in [0.1, 0.15) is 110 Å². The molecule has 15 unspecified atom stereocenters. The van der Waals surface area contributed by atoms with Crippen LogP contribution in [0.2, 0.25) is 0 Å². The van der Waals surface area contributed by atoms with Crippen molar-refractivity contribution < 1.29 is 107 Å². The van der Waals surface area contributed by atoms with Gasteiger partial charge in [0.1, 0.15) is 102 Å². The molecule has 4 amide bonds. The number of hydrogen-bond acceptors (Lipinski definition) is 25. The van der Waals surface area contributed by atoms with Gasteiger partial charge in [0.15, 0.2) is 18.9 Å². The van der Waals surface area contributed by atoms with E-state index < -0.39 is 183 Å². The van der Waals surface area contributed by atoms with E-state index in [0.29, 0.717) is 37.1 Å². The average Bonchev–Trinajstić information content (AvgIpc) is 1.76. The number of benzene rings is 2. The molecule has 33 heteroatoms. The number of carbonyl (C=O) groups excluding carboxylic acids is 4. The minimum atomic E-state index is -1.72. The fraction of sp³-hybridized carbons (Fsp3) is 0.706. The Kier molecular flexibility index (Phi) is 26.0. The highest BCUT2D eigenvalue weighted by Gasteiger charge is 2.55. The van der Waals surface area contributed by atoms with Crippen molar-refractivity contribution in [3.8, 4) is 22.5 Å². The smallest absolute Gasteiger partial charge is 0.251 e. The number of likely N-dealkylation sites (tertiary alicyclic amines) is 1. The number of nitrogens with one attached hydrogen (secondary N) is 4. The van der Waals surface area contributed by atoms with Gasteiger partial charge in [0.2, 0.25) is 17.7 Å². The molecule has 4 aliphatic heterocycles. The first-order valence-electron chi connectivity index (χ1n) is 35.4. The molecule has 101 heavy (non-hydrogen) atoms. The van der Waals surface area contributed by atoms with E-state index in [2.05, 4.69) is 41.9 Å². The number of carbonyl (C=O) groups is 4. The highest BCUT2D eigenvalue weighted by atomic mass is 19.1. The van der Waals surface area contributed by atoms with E-state index in [9.17, 15) is 73.9 Å². The number of ether oxygens (including phenoxy) is 7. The fourth-order valence-electron chi connectivity index (χ4n) is 15.2. The maximum atomic E-state index is 14.4. The van der Waals surface area contributed by atoms with Crippen LogP contribution >= 0.6 is 0 Å². The summed E-state index contributed by atoms with van der Waals surface area (Å²) in [6.07, 6.45) is -15.7. The Morgan fingerprint density at radius 2 is 1.22 bits per heavy atom. The van der Waals surface area contributed by atoms with Gasteiger partial charge in [0.05, 0.1) is 56.1 Å². The van der Waals surface area contributed by atoms with Gasteiger partial charge in [-0.1, -0.05) is 80.1 Å². The van der Waals surface area contributed by atoms with Gasteiger partial charge in [-0.05, 0) is 81.5 Å². The molecule has 13 N–H and O–H groups in total. The third-order valence-corrected chi connectivity index (χ3v) is 21.0. The van der Waals surface area contributed by atoms with Crippen LogP contribution in [0.15, 0.2) is 60.9 Å². The van der Waals surface area contributed by atoms with Crippen molar-refractivity contribution in [1.29, 1.82) is 0 Å². The molecule has 3 aliphatic carbocycles. The zero-order valence-corrected chi connectivity index (χ0v) is 56.8. The van der Waals surface area contributed by atoms with E-state index in [1.54, 1.807) is 17.0 Å². The molecule has 2 aromatic carbocycles. The molecular formula is C68H97F2N11O20. The number of halogens is 2. The van der Waals surface area contributed by atoms with E-state index in [-0.39, 0.29) is 81.0 Å². The zero-order chi connectivity index (χ0) is 71.8. The molecule has 4 aromatic rings. The predicted octanol–water partition coefficient (Wildman–Crippen LogP) is -0.745. The van der Waals surface area contributed by atoms with E-state index in [0.717, 1.165) is 43.2 Å². The third kappa shape index (κ3) is 18.0. The van der Waals surface area contributed by atoms with Gasteiger partial charge in [-0.2, -0.15) is 0 Å². The number of rotatable bonds is 27. The Morgan fingerprint density at radius 3 is 1.82 bits per heavy atom. The summed E-state index contributed by atoms with van der Waals surface area (Å²) in [4.78, 5) is 57.7. The van der Waals surface area contributed by atoms with Gasteiger partial charge in [-0.3, -0.25) is 19.2 Å². The fourth-order valence-corrected chi connectivity index (χ4v) is 15.2. The van der Waals surface area contributed by atoms with Crippen LogP contribution in [0.3, 0.4) is 0 Å². The lowest BCUT2D eigenvalue weighted by Gasteiger charge is -2.49. The first-order valence-corrected chi connectivity index (χ1v) is 35.4. The van der Waals surface area contributed by atoms with Crippen LogP contribution < -0.4 is 21.3 Å². The maximum absolute atomic E-state index is 14.4. The Hall–Kier alpha value is -6.22. The minimum Gasteiger partial charge on any atom is -0.394 e. The predicted molar refractivity (Wildman–Crippen MR) is 348 cm³/mol. The second kappa shape index (κ2) is 34.6. The van der Waals surface area contributed by atoms with Gasteiger partial charge in [-0.25, -0.2) is 18.1 Å². The van der Waals surface area contributed by atoms with Gasteiger partial charge in [0.25, 0.3) is 5.91 Å². The molecule has 558 valence electrons. The average molecular weight is 1430 g/mol. The van der Waals surface area contributed by atoms with Crippen molar-refractivity contribution in [3.05, 3.63) is 72.6 Å². The molecular weight excluding hydrogens is 1330 g/mol. The van der Waals surface area contributed by atoms with Crippen LogP contribution in [-0.2, 0) is 52.3 Å². The van der Waals surface area contributed by atoms with E-state index >= 15 is 0 Å². The minimum absolute atomic E-state index is 0.00304. The quantitative estimate of drug-likeness (QED) is 0.0327. The van der Waals surface area contributed by atoms with Gasteiger partial charge < -0.3 is 105 Å². The zero-order valence-electron chi connectivity index (χ0n) is 56.8. The normalized spacial score (nSPS) is 35.1. The summed E-state index contributed by atoms with van der Waals surface area (Å²) in [6.45, 7) is 4.91. The summed E-state index contributed by atoms with van der Waals surface area (Å²) in [5.74, 6) is -4.63. The Labute approximate surface area is 582 Å². The second-order valence-electron chi connectivity index (χ2n) is 27.9. The number of nitrogens with zero attached hydrogens (tertiary/aromatic N) is 7. The van der Waals surface area contributed by atoms with E-state index in [4.69, 9.17) is 33.2 Å². The van der Waals surface area contributed by atoms with Crippen molar-refractivity contribution in [2.45, 2.75) is 226 Å². The van der Waals surface area contributed by atoms with Crippen molar-refractivity contribution >= 4 is 23.6 Å². The van der Waals surface area contributed by atoms with Crippen molar-refractivity contribution in [1.82, 2.24) is 56.2 Å². The molecule has 4 saturated heterocycles. The summed E-state index contributed by atoms with van der Waals surface area (Å²) >= 11 is 0. The van der Waals surface area contributed by atoms with E-state index in [1.807, 2.05) is 6.92 Å². The van der Waals surface area contributed by atoms with Crippen LogP contribution in [0, 0.1) is 35.3 Å². The van der Waals surface area contributed by atoms with Crippen LogP contribution in [0.25, 0.3) is 22.5 Å². The monoisotopic (exact) mass is 1430 g/mol. The first kappa shape index (κ1) is 75.9. The van der Waals surface area contributed by atoms with Crippen LogP contribution in [-0.4, -0.2) is 273 Å². The van der Waals surface area contributed by atoms with Crippen molar-refractivity contribution in [2.24, 2.45) is 23.7 Å². The third-order valence-electron chi connectivity index (χ3n) is 21.0. The molecule has 7 aliphatic rings. The number of aliphatic hydroxyl groups is 9. The SMILES string of the molecule is CCC1CC(C(=O)NCCNCCNC(=O)C2CC(n3cc(-c4cccc(F)c4)nn3)C(O)[C@H](O[C@@H]3OC(CO)[C@H](O)C(n4cc(-c5cccc(F)c5)nn4)C3O)C2)C[C@@H](O[C@@H]2OC(CO)[C@H](O)C(O[C@@H](CC3CCCCC3)C(=O)N3CCC3)C2NC(C)=O)C1O[C@@H]1OC(C)[C@@H](O)C(O)C1O. The van der Waals surface area contributed by atoms with Gasteiger partial charge in [-0.15, -0.1) is 10.2 Å². The van der Waals surface area contributed by atoms with Crippen LogP contribution in [0.5, 0.6) is 0 Å². The van der Waals surface area contributed by atoms with Gasteiger partial charge in [0, 0.05) is 69.2 Å². The maximum Gasteiger partial charge on any atom is 0.251 e. The second-order valence-corrected chi connectivity index (χ2v) is 27.9. The van der Waals surface area contributed by atoms with E-state index in [1.165, 1.54) is 67.3 Å². The molecule has 11 rings (SSSR count). The number of aromatic nitrogens is 6. The summed E-state index contributed by atoms with van der Waals surface area (Å²) in [5, 5.41) is 130. The summed E-state index contributed by atoms with van der Waals surface area (Å²) in [7, 11) is 0. The summed E-state index contributed by atoms with van der Waals surface area (Å²) in [5.41, 5.74) is 1.23. The van der Waals surface area contributed by atoms with Crippen molar-refractivity contribution in [3.63, 3.8) is 0 Å². The molecule has 6 heterocycles. The van der Waals surface area contributed by atoms with Crippen molar-refractivity contribution in [2.75, 3.05) is 52.5 Å². The molecule has 31 nitrogen and oxygen atoms in total. The Balaban J connectivity index is 0.744. The largest absolute Gasteiger partial charge is 0.394 e. The topological polar surface area (TPSA) is 428 Å². The number of hydrogen-bond donors (Lipinski definition) is 13. The Morgan fingerprint density at radius 1 is 0.634 bits per heavy atom. The number of aliphatic hydroxyl groups excluding tert-OH is 9. The lowest BCUT2D eigenvalue weighted by Crippen LogP contribution is -2.67. The van der Waals surface area contributed by atoms with Crippen LogP contribution in [0.4, 0.5) is 8.78 Å². The highest BCUT2D eigenvalue weighted by molar-refractivity contribution is 5.82. The first-order chi connectivity index (χ1) is 48.6. The Bertz CT molecular complexity index is 3370. The molecule has 2 aromatic heterocycles. The molecule has 7 fully saturated rings. The molecule has 24 atom stereocenters. The standard InChI is InChI=1S/C68H97F2N11O20/c1-4-37-24-40(29-48(61(37)101-68-60(91)59(90)54(85)34(2)95-68)98-66-52(74-35(3)84)62(57(88)51(33-83)99-66)96-49(65(94)79-21-10-22-79)23-36-11-6-5-7-12-36)63(92)72-19-17-71-18-20-73-64(93)41-27-46(80-30-44(75-77-80)38-13-8-15-42(69)25-38)55(86)47(28-41)97-67-58(89)53(56(87)50(32-82)100-67)81-31-45(76-78-81)39-14-9-16-43(70)26-39/h8-9,13-16,25-26,30-31,34,36-37,40-41,46-62,66-68,71,82-83,85-91H,4-7,10-12,17-24,27-29,32-33H2,1-3H3,(H,72,92)(H,73,93)(H,74,84)/t34?,37?,40?,41?,46?,47-,48-,49+,50?,51?,52?,53?,54-,55?,56+,57+,58?,59?,60?,61?,62?,66-,67-,68+/m1/s1. The molecule has 0 bridgehead atoms.